The molecule has 0 spiro atoms. The summed E-state index contributed by atoms with van der Waals surface area (Å²) >= 11 is 0. The van der Waals surface area contributed by atoms with Gasteiger partial charge in [-0.25, -0.2) is 0 Å². The van der Waals surface area contributed by atoms with E-state index in [2.05, 4.69) is 193 Å². The molecule has 9 rings (SSSR count). The summed E-state index contributed by atoms with van der Waals surface area (Å²) in [7, 11) is 0. The molecular weight excluding hydrogens is 567 g/mol. The van der Waals surface area contributed by atoms with Gasteiger partial charge >= 0.3 is 0 Å². The number of hydrogen-bond donors (Lipinski definition) is 0. The highest BCUT2D eigenvalue weighted by Gasteiger charge is 2.15. The summed E-state index contributed by atoms with van der Waals surface area (Å²) < 4.78 is 2.41. The minimum atomic E-state index is 1.15. The normalized spacial score (nSPS) is 11.4. The highest BCUT2D eigenvalue weighted by molar-refractivity contribution is 6.10. The third-order valence-electron chi connectivity index (χ3n) is 9.36. The topological polar surface area (TPSA) is 4.93 Å². The van der Waals surface area contributed by atoms with Gasteiger partial charge in [-0.05, 0) is 104 Å². The van der Waals surface area contributed by atoms with Crippen molar-refractivity contribution in [2.24, 2.45) is 0 Å². The summed E-state index contributed by atoms with van der Waals surface area (Å²) in [6.45, 7) is 0. The average Bonchev–Trinajstić information content (AvgIpc) is 3.49. The molecule has 0 saturated carbocycles. The molecule has 0 fully saturated rings. The van der Waals surface area contributed by atoms with Crippen LogP contribution < -0.4 is 0 Å². The van der Waals surface area contributed by atoms with Gasteiger partial charge in [-0.1, -0.05) is 140 Å². The van der Waals surface area contributed by atoms with E-state index < -0.39 is 0 Å². The van der Waals surface area contributed by atoms with Gasteiger partial charge in [-0.3, -0.25) is 0 Å². The van der Waals surface area contributed by atoms with Gasteiger partial charge in [0.05, 0.1) is 11.0 Å². The molecule has 0 saturated heterocycles. The van der Waals surface area contributed by atoms with E-state index in [0.29, 0.717) is 0 Å². The molecule has 0 aliphatic carbocycles. The maximum atomic E-state index is 2.41. The Balaban J connectivity index is 1.23. The van der Waals surface area contributed by atoms with Gasteiger partial charge in [-0.2, -0.15) is 0 Å². The molecule has 0 N–H and O–H groups in total. The van der Waals surface area contributed by atoms with Crippen molar-refractivity contribution in [1.29, 1.82) is 0 Å². The molecule has 8 aromatic carbocycles. The molecule has 1 heteroatoms. The molecule has 0 bridgehead atoms. The quantitative estimate of drug-likeness (QED) is 0.186. The zero-order valence-electron chi connectivity index (χ0n) is 25.8. The van der Waals surface area contributed by atoms with Crippen LogP contribution in [0.4, 0.5) is 0 Å². The minimum Gasteiger partial charge on any atom is -0.309 e. The lowest BCUT2D eigenvalue weighted by Crippen LogP contribution is -1.94. The molecule has 1 nitrogen and oxygen atoms in total. The fourth-order valence-corrected chi connectivity index (χ4v) is 7.11. The van der Waals surface area contributed by atoms with E-state index in [4.69, 9.17) is 0 Å². The van der Waals surface area contributed by atoms with E-state index in [-0.39, 0.29) is 0 Å². The van der Waals surface area contributed by atoms with Crippen LogP contribution in [0.25, 0.3) is 82.8 Å². The van der Waals surface area contributed by atoms with Crippen LogP contribution in [0.2, 0.25) is 0 Å². The van der Waals surface area contributed by atoms with Crippen LogP contribution in [-0.2, 0) is 0 Å². The Labute approximate surface area is 274 Å². The molecule has 9 aromatic rings. The third-order valence-corrected chi connectivity index (χ3v) is 9.36. The van der Waals surface area contributed by atoms with Gasteiger partial charge in [0.25, 0.3) is 0 Å². The Bertz CT molecular complexity index is 2550. The summed E-state index contributed by atoms with van der Waals surface area (Å²) in [5, 5.41) is 5.03. The molecular formula is C46H31N. The average molecular weight is 598 g/mol. The number of aromatic nitrogens is 1. The molecule has 0 amide bonds. The third kappa shape index (κ3) is 4.81. The van der Waals surface area contributed by atoms with Crippen molar-refractivity contribution in [3.63, 3.8) is 0 Å². The van der Waals surface area contributed by atoms with Crippen molar-refractivity contribution in [2.75, 3.05) is 0 Å². The second-order valence-corrected chi connectivity index (χ2v) is 12.2. The molecule has 0 radical (unpaired) electrons. The lowest BCUT2D eigenvalue weighted by Gasteiger charge is -2.14. The first-order chi connectivity index (χ1) is 23.3. The molecule has 0 atom stereocenters. The molecule has 0 unspecified atom stereocenters. The predicted molar refractivity (Wildman–Crippen MR) is 200 cm³/mol. The SMILES string of the molecule is c1ccc(-c2cc(-c3cccc(-n4c5ccccc5c5cc(-c6ccccc6)ccc54)c3)cc(-c3cccc4ccccc34)c2)cc1. The Kier molecular flexibility index (Phi) is 6.54. The van der Waals surface area contributed by atoms with Crippen molar-refractivity contribution in [3.8, 4) is 50.2 Å². The highest BCUT2D eigenvalue weighted by Crippen LogP contribution is 2.38. The van der Waals surface area contributed by atoms with E-state index in [0.717, 1.165) is 5.69 Å². The van der Waals surface area contributed by atoms with E-state index in [1.54, 1.807) is 0 Å². The zero-order valence-corrected chi connectivity index (χ0v) is 25.8. The predicted octanol–water partition coefficient (Wildman–Crippen LogP) is 12.6. The fourth-order valence-electron chi connectivity index (χ4n) is 7.11. The summed E-state index contributed by atoms with van der Waals surface area (Å²) in [5.74, 6) is 0. The van der Waals surface area contributed by atoms with Crippen LogP contribution in [0.15, 0.2) is 188 Å². The van der Waals surface area contributed by atoms with Gasteiger partial charge in [0.15, 0.2) is 0 Å². The minimum absolute atomic E-state index is 1.15. The summed E-state index contributed by atoms with van der Waals surface area (Å²) in [4.78, 5) is 0. The van der Waals surface area contributed by atoms with E-state index in [1.807, 2.05) is 0 Å². The lowest BCUT2D eigenvalue weighted by atomic mass is 9.91. The lowest BCUT2D eigenvalue weighted by molar-refractivity contribution is 1.18. The monoisotopic (exact) mass is 597 g/mol. The Morgan fingerprint density at radius 3 is 1.64 bits per heavy atom. The smallest absolute Gasteiger partial charge is 0.0541 e. The summed E-state index contributed by atoms with van der Waals surface area (Å²) in [5.41, 5.74) is 13.3. The van der Waals surface area contributed by atoms with Crippen molar-refractivity contribution < 1.29 is 0 Å². The van der Waals surface area contributed by atoms with Crippen LogP contribution in [0.1, 0.15) is 0 Å². The van der Waals surface area contributed by atoms with E-state index in [9.17, 15) is 0 Å². The molecule has 1 heterocycles. The fraction of sp³-hybridized carbons (Fsp3) is 0. The van der Waals surface area contributed by atoms with Gasteiger partial charge < -0.3 is 4.57 Å². The number of rotatable bonds is 5. The van der Waals surface area contributed by atoms with Gasteiger partial charge in [-0.15, -0.1) is 0 Å². The van der Waals surface area contributed by atoms with Gasteiger partial charge in [0, 0.05) is 16.5 Å². The van der Waals surface area contributed by atoms with E-state index in [1.165, 1.54) is 77.1 Å². The standard InChI is InChI=1S/C46H31N/c1-3-13-32(14-4-1)36-25-26-46-44(31-36)43-22-9-10-24-45(43)47(46)40-20-11-19-35(30-40)38-27-37(33-15-5-2-6-16-33)28-39(29-38)42-23-12-18-34-17-7-8-21-41(34)42/h1-31H. The Morgan fingerprint density at radius 1 is 0.277 bits per heavy atom. The molecule has 1 aromatic heterocycles. The molecule has 47 heavy (non-hydrogen) atoms. The van der Waals surface area contributed by atoms with Crippen LogP contribution >= 0.6 is 0 Å². The maximum Gasteiger partial charge on any atom is 0.0541 e. The van der Waals surface area contributed by atoms with Crippen LogP contribution in [-0.4, -0.2) is 4.57 Å². The second-order valence-electron chi connectivity index (χ2n) is 12.2. The first kappa shape index (κ1) is 27.2. The highest BCUT2D eigenvalue weighted by atomic mass is 15.0. The van der Waals surface area contributed by atoms with Crippen molar-refractivity contribution in [1.82, 2.24) is 4.57 Å². The Morgan fingerprint density at radius 2 is 0.830 bits per heavy atom. The van der Waals surface area contributed by atoms with E-state index >= 15 is 0 Å². The Hall–Kier alpha value is -6.18. The largest absolute Gasteiger partial charge is 0.309 e. The number of fused-ring (bicyclic) bond motifs is 4. The second kappa shape index (κ2) is 11.3. The summed E-state index contributed by atoms with van der Waals surface area (Å²) in [6, 6.07) is 68.3. The molecule has 220 valence electrons. The van der Waals surface area contributed by atoms with Crippen molar-refractivity contribution in [3.05, 3.63) is 188 Å². The van der Waals surface area contributed by atoms with Gasteiger partial charge in [0.1, 0.15) is 0 Å². The number of benzene rings is 8. The first-order valence-electron chi connectivity index (χ1n) is 16.2. The van der Waals surface area contributed by atoms with Gasteiger partial charge in [0.2, 0.25) is 0 Å². The molecule has 0 aliphatic heterocycles. The zero-order chi connectivity index (χ0) is 31.2. The maximum absolute atomic E-state index is 2.41. The van der Waals surface area contributed by atoms with Crippen molar-refractivity contribution in [2.45, 2.75) is 0 Å². The van der Waals surface area contributed by atoms with Crippen LogP contribution in [0.5, 0.6) is 0 Å². The first-order valence-corrected chi connectivity index (χ1v) is 16.2. The summed E-state index contributed by atoms with van der Waals surface area (Å²) in [6.07, 6.45) is 0. The molecule has 0 aliphatic rings. The van der Waals surface area contributed by atoms with Crippen molar-refractivity contribution >= 4 is 32.6 Å². The van der Waals surface area contributed by atoms with Crippen LogP contribution in [0, 0.1) is 0 Å². The number of para-hydroxylation sites is 1. The number of hydrogen-bond acceptors (Lipinski definition) is 0. The number of nitrogens with zero attached hydrogens (tertiary/aromatic N) is 1. The van der Waals surface area contributed by atoms with Crippen LogP contribution in [0.3, 0.4) is 0 Å².